The largest absolute Gasteiger partial charge is 0.255 e. The van der Waals surface area contributed by atoms with E-state index in [1.54, 1.807) is 0 Å². The van der Waals surface area contributed by atoms with Crippen LogP contribution in [0.1, 0.15) is 217 Å². The molecule has 0 aliphatic heterocycles. The molecule has 3 heteroatoms. The smallest absolute Gasteiger partial charge is 0.0636 e. The van der Waals surface area contributed by atoms with Crippen molar-refractivity contribution < 1.29 is 16.5 Å². The summed E-state index contributed by atoms with van der Waals surface area (Å²) in [6.07, 6.45) is 40.6. The minimum atomic E-state index is 0. The maximum absolute atomic E-state index is 5.21. The molecule has 0 fully saturated rings. The van der Waals surface area contributed by atoms with E-state index in [4.69, 9.17) is 9.98 Å². The zero-order valence-electron chi connectivity index (χ0n) is 34.3. The summed E-state index contributed by atoms with van der Waals surface area (Å²) < 4.78 is 0. The summed E-state index contributed by atoms with van der Waals surface area (Å²) in [4.78, 5) is 10.2. The Morgan fingerprint density at radius 1 is 0.412 bits per heavy atom. The Balaban J connectivity index is 0.0000130. The Kier molecular flexibility index (Phi) is 30.5. The second-order valence-corrected chi connectivity index (χ2v) is 15.2. The van der Waals surface area contributed by atoms with Gasteiger partial charge in [0, 0.05) is 22.7 Å². The number of nitrogens with zero attached hydrogens (tertiary/aromatic N) is 2. The number of hydrogen-bond donors (Lipinski definition) is 0. The van der Waals surface area contributed by atoms with Gasteiger partial charge in [0.1, 0.15) is 0 Å². The average Bonchev–Trinajstić information content (AvgIpc) is 3.12. The van der Waals surface area contributed by atoms with E-state index >= 15 is 0 Å². The average molecular weight is 744 g/mol. The van der Waals surface area contributed by atoms with Crippen LogP contribution in [0.2, 0.25) is 0 Å². The normalized spacial score (nSPS) is 11.8. The molecule has 0 bridgehead atoms. The molecule has 2 aromatic carbocycles. The molecule has 0 spiro atoms. The van der Waals surface area contributed by atoms with Crippen LogP contribution in [0.3, 0.4) is 0 Å². The molecule has 0 amide bonds. The van der Waals surface area contributed by atoms with E-state index in [-0.39, 0.29) is 16.5 Å². The van der Waals surface area contributed by atoms with Crippen molar-refractivity contribution in [1.82, 2.24) is 0 Å². The molecular formula is C48H80N2Ni. The van der Waals surface area contributed by atoms with Crippen LogP contribution in [0, 0.1) is 0 Å². The third-order valence-electron chi connectivity index (χ3n) is 10.4. The van der Waals surface area contributed by atoms with Crippen LogP contribution in [0.4, 0.5) is 11.4 Å². The predicted octanol–water partition coefficient (Wildman–Crippen LogP) is 16.2. The van der Waals surface area contributed by atoms with E-state index in [1.807, 2.05) is 0 Å². The quantitative estimate of drug-likeness (QED) is 0.0405. The van der Waals surface area contributed by atoms with E-state index < -0.39 is 0 Å². The van der Waals surface area contributed by atoms with Crippen LogP contribution in [0.15, 0.2) is 46.4 Å². The molecule has 2 aromatic rings. The van der Waals surface area contributed by atoms with Gasteiger partial charge in [0.05, 0.1) is 17.1 Å². The van der Waals surface area contributed by atoms with Gasteiger partial charge in [-0.05, 0) is 85.0 Å². The van der Waals surface area contributed by atoms with Crippen molar-refractivity contribution >= 4 is 23.3 Å². The van der Waals surface area contributed by atoms with Gasteiger partial charge in [-0.1, -0.05) is 194 Å². The van der Waals surface area contributed by atoms with Crippen molar-refractivity contribution in [2.45, 2.75) is 221 Å². The predicted molar refractivity (Wildman–Crippen MR) is 227 cm³/mol. The van der Waals surface area contributed by atoms with Gasteiger partial charge in [0.2, 0.25) is 0 Å². The maximum atomic E-state index is 5.21. The van der Waals surface area contributed by atoms with E-state index in [0.717, 1.165) is 49.2 Å². The summed E-state index contributed by atoms with van der Waals surface area (Å²) in [6, 6.07) is 13.7. The van der Waals surface area contributed by atoms with Crippen LogP contribution in [0.5, 0.6) is 0 Å². The number of unbranched alkanes of at least 4 members (excludes halogenated alkanes) is 19. The molecule has 0 radical (unpaired) electrons. The van der Waals surface area contributed by atoms with Crippen molar-refractivity contribution in [2.24, 2.45) is 9.98 Å². The van der Waals surface area contributed by atoms with Crippen molar-refractivity contribution in [3.8, 4) is 0 Å². The molecule has 0 saturated carbocycles. The third kappa shape index (κ3) is 22.8. The minimum absolute atomic E-state index is 0. The first-order valence-corrected chi connectivity index (χ1v) is 22.0. The molecule has 0 aromatic heterocycles. The molecule has 0 heterocycles. The molecule has 0 N–H and O–H groups in total. The van der Waals surface area contributed by atoms with Crippen molar-refractivity contribution in [3.63, 3.8) is 0 Å². The van der Waals surface area contributed by atoms with Crippen molar-refractivity contribution in [2.75, 3.05) is 0 Å². The summed E-state index contributed by atoms with van der Waals surface area (Å²) in [7, 11) is 0. The molecule has 292 valence electrons. The molecule has 0 aliphatic carbocycles. The number of aliphatic imine (C=N–C) groups is 2. The van der Waals surface area contributed by atoms with Gasteiger partial charge in [-0.3, -0.25) is 9.98 Å². The zero-order valence-corrected chi connectivity index (χ0v) is 35.2. The van der Waals surface area contributed by atoms with Crippen LogP contribution >= 0.6 is 0 Å². The van der Waals surface area contributed by atoms with Crippen molar-refractivity contribution in [3.05, 3.63) is 58.7 Å². The van der Waals surface area contributed by atoms with E-state index in [9.17, 15) is 0 Å². The third-order valence-corrected chi connectivity index (χ3v) is 10.4. The standard InChI is InChI=1S/C48H80N2.Ni/c1-6-11-12-13-14-15-16-17-18-19-20-21-22-23-24-25-26-27-28-29-34-48(50-47-38-36-43(31-8-3)45(40-47)33-10-5)41-49-46-37-35-42(30-7-2)44(39-46)32-9-4;/h35-41H,6-34H2,1-5H3;/b49-41+,50-48+;. The van der Waals surface area contributed by atoms with Crippen molar-refractivity contribution in [1.29, 1.82) is 0 Å². The first-order valence-electron chi connectivity index (χ1n) is 22.0. The SMILES string of the molecule is CCCCCCCCCCCCCCCCCCCCCCC(/C=N/c1ccc(CCC)c(CCC)c1)=N\c1ccc(CCC)c(CCC)c1.[Ni]. The molecule has 0 saturated heterocycles. The number of aryl methyl sites for hydroxylation is 4. The molecule has 2 rings (SSSR count). The topological polar surface area (TPSA) is 24.7 Å². The van der Waals surface area contributed by atoms with Crippen LogP contribution in [-0.4, -0.2) is 11.9 Å². The summed E-state index contributed by atoms with van der Waals surface area (Å²) >= 11 is 0. The van der Waals surface area contributed by atoms with Gasteiger partial charge >= 0.3 is 0 Å². The molecule has 0 atom stereocenters. The summed E-state index contributed by atoms with van der Waals surface area (Å²) in [5.74, 6) is 0. The molecular weight excluding hydrogens is 663 g/mol. The van der Waals surface area contributed by atoms with E-state index in [0.29, 0.717) is 0 Å². The van der Waals surface area contributed by atoms with Gasteiger partial charge in [-0.25, -0.2) is 0 Å². The monoisotopic (exact) mass is 743 g/mol. The van der Waals surface area contributed by atoms with E-state index in [2.05, 4.69) is 77.2 Å². The van der Waals surface area contributed by atoms with Gasteiger partial charge in [0.15, 0.2) is 0 Å². The molecule has 51 heavy (non-hydrogen) atoms. The fourth-order valence-electron chi connectivity index (χ4n) is 7.43. The summed E-state index contributed by atoms with van der Waals surface area (Å²) in [6.45, 7) is 11.4. The van der Waals surface area contributed by atoms with Crippen LogP contribution < -0.4 is 0 Å². The Bertz CT molecular complexity index is 1170. The Morgan fingerprint density at radius 2 is 0.765 bits per heavy atom. The molecule has 0 aliphatic rings. The van der Waals surface area contributed by atoms with Gasteiger partial charge < -0.3 is 0 Å². The number of hydrogen-bond acceptors (Lipinski definition) is 2. The zero-order chi connectivity index (χ0) is 35.9. The van der Waals surface area contributed by atoms with Gasteiger partial charge in [-0.15, -0.1) is 0 Å². The van der Waals surface area contributed by atoms with Crippen LogP contribution in [-0.2, 0) is 42.2 Å². The fourth-order valence-corrected chi connectivity index (χ4v) is 7.43. The first kappa shape index (κ1) is 47.3. The number of benzene rings is 2. The minimum Gasteiger partial charge on any atom is -0.255 e. The fraction of sp³-hybridized carbons (Fsp3) is 0.708. The second-order valence-electron chi connectivity index (χ2n) is 15.2. The van der Waals surface area contributed by atoms with Gasteiger partial charge in [0.25, 0.3) is 0 Å². The maximum Gasteiger partial charge on any atom is 0.0636 e. The Labute approximate surface area is 327 Å². The molecule has 2 nitrogen and oxygen atoms in total. The van der Waals surface area contributed by atoms with E-state index in [1.165, 1.54) is 176 Å². The first-order chi connectivity index (χ1) is 24.6. The summed E-state index contributed by atoms with van der Waals surface area (Å²) in [5, 5.41) is 0. The Hall–Kier alpha value is -1.73. The Morgan fingerprint density at radius 3 is 1.18 bits per heavy atom. The number of rotatable bonds is 32. The van der Waals surface area contributed by atoms with Gasteiger partial charge in [-0.2, -0.15) is 0 Å². The molecule has 0 unspecified atom stereocenters. The van der Waals surface area contributed by atoms with Crippen LogP contribution in [0.25, 0.3) is 0 Å². The second kappa shape index (κ2) is 32.9. The summed E-state index contributed by atoms with van der Waals surface area (Å²) in [5.41, 5.74) is 9.19.